The first kappa shape index (κ1) is 8.88. The van der Waals surface area contributed by atoms with Gasteiger partial charge in [-0.1, -0.05) is 22.0 Å². The summed E-state index contributed by atoms with van der Waals surface area (Å²) < 4.78 is 1.08. The van der Waals surface area contributed by atoms with Gasteiger partial charge in [-0.25, -0.2) is 0 Å². The van der Waals surface area contributed by atoms with Crippen molar-refractivity contribution in [2.24, 2.45) is 0 Å². The van der Waals surface area contributed by atoms with Crippen LogP contribution in [0, 0.1) is 0 Å². The van der Waals surface area contributed by atoms with E-state index in [-0.39, 0.29) is 0 Å². The van der Waals surface area contributed by atoms with Gasteiger partial charge in [0.15, 0.2) is 0 Å². The molecule has 0 saturated carbocycles. The first-order valence-electron chi connectivity index (χ1n) is 3.38. The van der Waals surface area contributed by atoms with Crippen LogP contribution in [0.1, 0.15) is 0 Å². The quantitative estimate of drug-likeness (QED) is 0.793. The van der Waals surface area contributed by atoms with Crippen LogP contribution in [0.3, 0.4) is 0 Å². The van der Waals surface area contributed by atoms with Gasteiger partial charge in [-0.3, -0.25) is 0 Å². The van der Waals surface area contributed by atoms with Crippen molar-refractivity contribution in [3.8, 4) is 0 Å². The molecule has 1 aromatic rings. The smallest absolute Gasteiger partial charge is 0.0396 e. The Labute approximate surface area is 79.9 Å². The van der Waals surface area contributed by atoms with Crippen LogP contribution in [0.25, 0.3) is 0 Å². The largest absolute Gasteiger partial charge is 0.384 e. The molecule has 0 saturated heterocycles. The number of benzene rings is 1. The predicted molar refractivity (Wildman–Crippen MR) is 53.4 cm³/mol. The normalized spacial score (nSPS) is 9.64. The molecular formula is C8H9BrClN. The standard InChI is InChI=1S/C8H9BrClN/c9-7-2-1-3-8(6-7)11-5-4-10/h1-3,6,11H,4-5H2. The Morgan fingerprint density at radius 3 is 2.91 bits per heavy atom. The number of anilines is 1. The maximum atomic E-state index is 5.52. The minimum absolute atomic E-state index is 0.631. The van der Waals surface area contributed by atoms with E-state index in [1.54, 1.807) is 0 Å². The first-order valence-corrected chi connectivity index (χ1v) is 4.71. The minimum Gasteiger partial charge on any atom is -0.384 e. The van der Waals surface area contributed by atoms with E-state index in [4.69, 9.17) is 11.6 Å². The van der Waals surface area contributed by atoms with Crippen molar-refractivity contribution in [2.45, 2.75) is 0 Å². The molecule has 0 aromatic heterocycles. The van der Waals surface area contributed by atoms with Crippen LogP contribution in [0.4, 0.5) is 5.69 Å². The fourth-order valence-electron chi connectivity index (χ4n) is 0.790. The Morgan fingerprint density at radius 2 is 2.27 bits per heavy atom. The fourth-order valence-corrected chi connectivity index (χ4v) is 1.28. The topological polar surface area (TPSA) is 12.0 Å². The summed E-state index contributed by atoms with van der Waals surface area (Å²) in [4.78, 5) is 0. The second-order valence-electron chi connectivity index (χ2n) is 2.13. The van der Waals surface area contributed by atoms with Crippen molar-refractivity contribution in [2.75, 3.05) is 17.7 Å². The lowest BCUT2D eigenvalue weighted by atomic mass is 10.3. The monoisotopic (exact) mass is 233 g/mol. The van der Waals surface area contributed by atoms with Gasteiger partial charge in [0.1, 0.15) is 0 Å². The molecule has 0 aliphatic heterocycles. The molecule has 0 bridgehead atoms. The fraction of sp³-hybridized carbons (Fsp3) is 0.250. The lowest BCUT2D eigenvalue weighted by Crippen LogP contribution is -2.01. The molecule has 0 aliphatic rings. The average Bonchev–Trinajstić information content (AvgIpc) is 2.01. The minimum atomic E-state index is 0.631. The number of halogens is 2. The molecule has 0 heterocycles. The summed E-state index contributed by atoms with van der Waals surface area (Å²) >= 11 is 8.90. The number of hydrogen-bond donors (Lipinski definition) is 1. The number of nitrogens with one attached hydrogen (secondary N) is 1. The van der Waals surface area contributed by atoms with E-state index in [2.05, 4.69) is 21.2 Å². The van der Waals surface area contributed by atoms with Gasteiger partial charge in [-0.05, 0) is 18.2 Å². The van der Waals surface area contributed by atoms with Crippen LogP contribution in [-0.4, -0.2) is 12.4 Å². The highest BCUT2D eigenvalue weighted by Gasteiger charge is 1.90. The average molecular weight is 235 g/mol. The molecule has 0 unspecified atom stereocenters. The predicted octanol–water partition coefficient (Wildman–Crippen LogP) is 3.10. The molecule has 1 rings (SSSR count). The molecular weight excluding hydrogens is 225 g/mol. The molecule has 60 valence electrons. The van der Waals surface area contributed by atoms with Gasteiger partial charge < -0.3 is 5.32 Å². The van der Waals surface area contributed by atoms with E-state index in [1.165, 1.54) is 0 Å². The molecule has 1 N–H and O–H groups in total. The van der Waals surface area contributed by atoms with E-state index in [1.807, 2.05) is 24.3 Å². The SMILES string of the molecule is ClCCNc1cccc(Br)c1. The molecule has 0 spiro atoms. The Bertz CT molecular complexity index is 227. The zero-order chi connectivity index (χ0) is 8.10. The van der Waals surface area contributed by atoms with Crippen molar-refractivity contribution in [1.82, 2.24) is 0 Å². The van der Waals surface area contributed by atoms with E-state index in [9.17, 15) is 0 Å². The Balaban J connectivity index is 2.56. The summed E-state index contributed by atoms with van der Waals surface area (Å²) in [6.45, 7) is 0.804. The molecule has 0 radical (unpaired) electrons. The molecule has 3 heteroatoms. The van der Waals surface area contributed by atoms with E-state index in [0.717, 1.165) is 16.7 Å². The van der Waals surface area contributed by atoms with Crippen LogP contribution in [0.15, 0.2) is 28.7 Å². The summed E-state index contributed by atoms with van der Waals surface area (Å²) in [6.07, 6.45) is 0. The van der Waals surface area contributed by atoms with Crippen molar-refractivity contribution in [3.63, 3.8) is 0 Å². The molecule has 0 atom stereocenters. The number of hydrogen-bond acceptors (Lipinski definition) is 1. The van der Waals surface area contributed by atoms with Gasteiger partial charge in [-0.2, -0.15) is 0 Å². The highest BCUT2D eigenvalue weighted by atomic mass is 79.9. The Kier molecular flexibility index (Phi) is 3.73. The zero-order valence-corrected chi connectivity index (χ0v) is 8.32. The van der Waals surface area contributed by atoms with Gasteiger partial charge >= 0.3 is 0 Å². The molecule has 1 nitrogen and oxygen atoms in total. The van der Waals surface area contributed by atoms with Crippen LogP contribution in [0.5, 0.6) is 0 Å². The number of rotatable bonds is 3. The lowest BCUT2D eigenvalue weighted by molar-refractivity contribution is 1.22. The van der Waals surface area contributed by atoms with Crippen molar-refractivity contribution in [1.29, 1.82) is 0 Å². The highest BCUT2D eigenvalue weighted by Crippen LogP contribution is 2.14. The van der Waals surface area contributed by atoms with Crippen molar-refractivity contribution >= 4 is 33.2 Å². The van der Waals surface area contributed by atoms with Crippen molar-refractivity contribution < 1.29 is 0 Å². The molecule has 1 aromatic carbocycles. The Morgan fingerprint density at radius 1 is 1.45 bits per heavy atom. The molecule has 0 fully saturated rings. The third-order valence-corrected chi connectivity index (χ3v) is 1.93. The summed E-state index contributed by atoms with van der Waals surface area (Å²) in [5, 5.41) is 3.17. The number of alkyl halides is 1. The van der Waals surface area contributed by atoms with Gasteiger partial charge in [0.25, 0.3) is 0 Å². The van der Waals surface area contributed by atoms with Crippen LogP contribution in [0.2, 0.25) is 0 Å². The van der Waals surface area contributed by atoms with Gasteiger partial charge in [0.05, 0.1) is 0 Å². The van der Waals surface area contributed by atoms with E-state index >= 15 is 0 Å². The summed E-state index contributed by atoms with van der Waals surface area (Å²) in [6, 6.07) is 8.01. The summed E-state index contributed by atoms with van der Waals surface area (Å²) in [7, 11) is 0. The maximum Gasteiger partial charge on any atom is 0.0396 e. The van der Waals surface area contributed by atoms with Gasteiger partial charge in [0, 0.05) is 22.6 Å². The third kappa shape index (κ3) is 3.12. The van der Waals surface area contributed by atoms with Crippen LogP contribution < -0.4 is 5.32 Å². The lowest BCUT2D eigenvalue weighted by Gasteiger charge is -2.02. The Hall–Kier alpha value is -0.210. The second-order valence-corrected chi connectivity index (χ2v) is 3.42. The maximum absolute atomic E-state index is 5.52. The third-order valence-electron chi connectivity index (χ3n) is 1.25. The molecule has 0 amide bonds. The van der Waals surface area contributed by atoms with Crippen LogP contribution >= 0.6 is 27.5 Å². The molecule has 0 aliphatic carbocycles. The van der Waals surface area contributed by atoms with Crippen molar-refractivity contribution in [3.05, 3.63) is 28.7 Å². The van der Waals surface area contributed by atoms with Crippen LogP contribution in [-0.2, 0) is 0 Å². The second kappa shape index (κ2) is 4.62. The van der Waals surface area contributed by atoms with E-state index < -0.39 is 0 Å². The highest BCUT2D eigenvalue weighted by molar-refractivity contribution is 9.10. The first-order chi connectivity index (χ1) is 5.33. The summed E-state index contributed by atoms with van der Waals surface area (Å²) in [5.74, 6) is 0.631. The molecule has 11 heavy (non-hydrogen) atoms. The van der Waals surface area contributed by atoms with Gasteiger partial charge in [-0.15, -0.1) is 11.6 Å². The summed E-state index contributed by atoms with van der Waals surface area (Å²) in [5.41, 5.74) is 1.10. The van der Waals surface area contributed by atoms with Gasteiger partial charge in [0.2, 0.25) is 0 Å². The zero-order valence-electron chi connectivity index (χ0n) is 5.98. The van der Waals surface area contributed by atoms with E-state index in [0.29, 0.717) is 5.88 Å².